The van der Waals surface area contributed by atoms with E-state index >= 15 is 0 Å². The van der Waals surface area contributed by atoms with Gasteiger partial charge in [-0.2, -0.15) is 0 Å². The number of nitrogens with zero attached hydrogens (tertiary/aromatic N) is 1. The average Bonchev–Trinajstić information content (AvgIpc) is 3.32. The third-order valence-electron chi connectivity index (χ3n) is 5.26. The molecule has 3 aromatic carbocycles. The van der Waals surface area contributed by atoms with Crippen LogP contribution in [0.2, 0.25) is 0 Å². The van der Waals surface area contributed by atoms with Gasteiger partial charge in [-0.25, -0.2) is 8.42 Å². The predicted octanol–water partition coefficient (Wildman–Crippen LogP) is 4.97. The number of carbonyl (C=O) groups is 1. The summed E-state index contributed by atoms with van der Waals surface area (Å²) in [5.41, 5.74) is 3.36. The zero-order chi connectivity index (χ0) is 23.3. The first-order valence-corrected chi connectivity index (χ1v) is 12.0. The summed E-state index contributed by atoms with van der Waals surface area (Å²) >= 11 is 0. The average molecular weight is 460 g/mol. The zero-order valence-corrected chi connectivity index (χ0v) is 19.0. The molecule has 0 bridgehead atoms. The maximum atomic E-state index is 13.6. The normalized spacial score (nSPS) is 11.2. The number of aromatic amines is 1. The minimum absolute atomic E-state index is 0.142. The number of anilines is 1. The molecule has 0 aliphatic rings. The van der Waals surface area contributed by atoms with E-state index in [0.29, 0.717) is 13.1 Å². The summed E-state index contributed by atoms with van der Waals surface area (Å²) in [6.45, 7) is 2.64. The number of hydrogen-bond acceptors (Lipinski definition) is 3. The van der Waals surface area contributed by atoms with Gasteiger partial charge in [0.25, 0.3) is 15.9 Å². The Labute approximate surface area is 194 Å². The Hall–Kier alpha value is -3.84. The van der Waals surface area contributed by atoms with Crippen molar-refractivity contribution in [2.75, 3.05) is 4.72 Å². The monoisotopic (exact) mass is 459 g/mol. The van der Waals surface area contributed by atoms with Crippen LogP contribution >= 0.6 is 0 Å². The van der Waals surface area contributed by atoms with Crippen molar-refractivity contribution in [3.8, 4) is 0 Å². The van der Waals surface area contributed by atoms with Gasteiger partial charge in [0.15, 0.2) is 0 Å². The van der Waals surface area contributed by atoms with Crippen molar-refractivity contribution in [1.82, 2.24) is 9.88 Å². The van der Waals surface area contributed by atoms with Gasteiger partial charge in [0, 0.05) is 18.4 Å². The highest BCUT2D eigenvalue weighted by Crippen LogP contribution is 2.23. The van der Waals surface area contributed by atoms with E-state index in [-0.39, 0.29) is 22.1 Å². The van der Waals surface area contributed by atoms with Crippen LogP contribution in [0.4, 0.5) is 5.69 Å². The molecular formula is C26H25N3O3S. The van der Waals surface area contributed by atoms with Gasteiger partial charge in [-0.15, -0.1) is 0 Å². The van der Waals surface area contributed by atoms with E-state index in [2.05, 4.69) is 9.71 Å². The van der Waals surface area contributed by atoms with Gasteiger partial charge in [0.1, 0.15) is 0 Å². The Kier molecular flexibility index (Phi) is 6.60. The minimum atomic E-state index is -3.85. The Morgan fingerprint density at radius 1 is 0.848 bits per heavy atom. The smallest absolute Gasteiger partial charge is 0.261 e. The number of aromatic nitrogens is 1. The second-order valence-electron chi connectivity index (χ2n) is 7.81. The van der Waals surface area contributed by atoms with Crippen molar-refractivity contribution in [3.63, 3.8) is 0 Å². The van der Waals surface area contributed by atoms with E-state index in [1.165, 1.54) is 0 Å². The predicted molar refractivity (Wildman–Crippen MR) is 129 cm³/mol. The molecule has 0 saturated carbocycles. The van der Waals surface area contributed by atoms with E-state index in [1.807, 2.05) is 55.6 Å². The van der Waals surface area contributed by atoms with Crippen LogP contribution in [0.1, 0.15) is 27.2 Å². The molecule has 168 valence electrons. The van der Waals surface area contributed by atoms with Crippen molar-refractivity contribution in [2.24, 2.45) is 0 Å². The van der Waals surface area contributed by atoms with Crippen LogP contribution < -0.4 is 4.72 Å². The van der Waals surface area contributed by atoms with Crippen molar-refractivity contribution >= 4 is 21.6 Å². The molecule has 4 aromatic rings. The van der Waals surface area contributed by atoms with Crippen LogP contribution in [0.3, 0.4) is 0 Å². The SMILES string of the molecule is Cc1ccc(S(=O)(=O)Nc2ccccc2C(=O)N(Cc2ccccc2)Cc2ccc[nH]2)cc1. The lowest BCUT2D eigenvalue weighted by molar-refractivity contribution is 0.0729. The quantitative estimate of drug-likeness (QED) is 0.390. The van der Waals surface area contributed by atoms with Gasteiger partial charge >= 0.3 is 0 Å². The summed E-state index contributed by atoms with van der Waals surface area (Å²) in [7, 11) is -3.85. The van der Waals surface area contributed by atoms with Crippen molar-refractivity contribution in [1.29, 1.82) is 0 Å². The Bertz CT molecular complexity index is 1320. The molecular weight excluding hydrogens is 434 g/mol. The number of benzene rings is 3. The Morgan fingerprint density at radius 3 is 2.24 bits per heavy atom. The summed E-state index contributed by atoms with van der Waals surface area (Å²) in [6.07, 6.45) is 1.81. The molecule has 1 aromatic heterocycles. The molecule has 0 unspecified atom stereocenters. The maximum absolute atomic E-state index is 13.6. The first kappa shape index (κ1) is 22.4. The van der Waals surface area contributed by atoms with Gasteiger partial charge < -0.3 is 9.88 Å². The fourth-order valence-electron chi connectivity index (χ4n) is 3.52. The molecule has 6 nitrogen and oxygen atoms in total. The molecule has 7 heteroatoms. The van der Waals surface area contributed by atoms with Crippen LogP contribution in [-0.2, 0) is 23.1 Å². The number of H-pyrrole nitrogens is 1. The zero-order valence-electron chi connectivity index (χ0n) is 18.2. The molecule has 0 atom stereocenters. The fraction of sp³-hybridized carbons (Fsp3) is 0.115. The highest BCUT2D eigenvalue weighted by atomic mass is 32.2. The summed E-state index contributed by atoms with van der Waals surface area (Å²) in [5.74, 6) is -0.268. The van der Waals surface area contributed by atoms with E-state index in [9.17, 15) is 13.2 Å². The van der Waals surface area contributed by atoms with Crippen LogP contribution in [0, 0.1) is 6.92 Å². The van der Waals surface area contributed by atoms with E-state index in [4.69, 9.17) is 0 Å². The minimum Gasteiger partial charge on any atom is -0.364 e. The van der Waals surface area contributed by atoms with Crippen LogP contribution in [-0.4, -0.2) is 24.2 Å². The summed E-state index contributed by atoms with van der Waals surface area (Å²) in [4.78, 5) is 18.6. The van der Waals surface area contributed by atoms with Crippen LogP contribution in [0.15, 0.2) is 102 Å². The number of sulfonamides is 1. The number of para-hydroxylation sites is 1. The molecule has 0 fully saturated rings. The lowest BCUT2D eigenvalue weighted by atomic mass is 10.1. The first-order chi connectivity index (χ1) is 15.9. The summed E-state index contributed by atoms with van der Waals surface area (Å²) in [6, 6.07) is 26.8. The van der Waals surface area contributed by atoms with Crippen LogP contribution in [0.5, 0.6) is 0 Å². The molecule has 1 heterocycles. The third-order valence-corrected chi connectivity index (χ3v) is 6.64. The summed E-state index contributed by atoms with van der Waals surface area (Å²) < 4.78 is 28.5. The Balaban J connectivity index is 1.65. The number of hydrogen-bond donors (Lipinski definition) is 2. The van der Waals surface area contributed by atoms with Crippen molar-refractivity contribution in [3.05, 3.63) is 120 Å². The Morgan fingerprint density at radius 2 is 1.55 bits per heavy atom. The highest BCUT2D eigenvalue weighted by molar-refractivity contribution is 7.92. The van der Waals surface area contributed by atoms with Crippen molar-refractivity contribution in [2.45, 2.75) is 24.9 Å². The number of carbonyl (C=O) groups excluding carboxylic acids is 1. The highest BCUT2D eigenvalue weighted by Gasteiger charge is 2.23. The van der Waals surface area contributed by atoms with Gasteiger partial charge in [-0.05, 0) is 48.9 Å². The molecule has 0 spiro atoms. The topological polar surface area (TPSA) is 82.3 Å². The second-order valence-corrected chi connectivity index (χ2v) is 9.49. The molecule has 0 aliphatic carbocycles. The van der Waals surface area contributed by atoms with Gasteiger partial charge in [0.05, 0.1) is 22.7 Å². The molecule has 33 heavy (non-hydrogen) atoms. The molecule has 0 saturated heterocycles. The van der Waals surface area contributed by atoms with Gasteiger partial charge in [-0.1, -0.05) is 60.2 Å². The molecule has 0 aliphatic heterocycles. The number of rotatable bonds is 8. The largest absolute Gasteiger partial charge is 0.364 e. The van der Waals surface area contributed by atoms with Crippen molar-refractivity contribution < 1.29 is 13.2 Å². The molecule has 2 N–H and O–H groups in total. The van der Waals surface area contributed by atoms with E-state index in [0.717, 1.165) is 16.8 Å². The number of amides is 1. The molecule has 1 amide bonds. The second kappa shape index (κ2) is 9.75. The van der Waals surface area contributed by atoms with Crippen LogP contribution in [0.25, 0.3) is 0 Å². The number of nitrogens with one attached hydrogen (secondary N) is 2. The van der Waals surface area contributed by atoms with E-state index in [1.54, 1.807) is 53.4 Å². The summed E-state index contributed by atoms with van der Waals surface area (Å²) in [5, 5.41) is 0. The molecule has 0 radical (unpaired) electrons. The van der Waals surface area contributed by atoms with Gasteiger partial charge in [0.2, 0.25) is 0 Å². The fourth-order valence-corrected chi connectivity index (χ4v) is 4.60. The lowest BCUT2D eigenvalue weighted by Gasteiger charge is -2.24. The maximum Gasteiger partial charge on any atom is 0.261 e. The lowest BCUT2D eigenvalue weighted by Crippen LogP contribution is -2.31. The standard InChI is InChI=1S/C26H25N3O3S/c1-20-13-15-23(16-14-20)33(31,32)28-25-12-6-5-11-24(25)26(30)29(19-22-10-7-17-27-22)18-21-8-3-2-4-9-21/h2-17,27-28H,18-19H2,1H3. The van der Waals surface area contributed by atoms with E-state index < -0.39 is 10.0 Å². The first-order valence-electron chi connectivity index (χ1n) is 10.6. The third kappa shape index (κ3) is 5.51. The van der Waals surface area contributed by atoms with Gasteiger partial charge in [-0.3, -0.25) is 9.52 Å². The molecule has 4 rings (SSSR count). The number of aryl methyl sites for hydroxylation is 1.